The second kappa shape index (κ2) is 16.5. The third-order valence-electron chi connectivity index (χ3n) is 6.31. The van der Waals surface area contributed by atoms with Crippen LogP contribution >= 0.6 is 11.8 Å². The molecule has 0 aliphatic rings. The van der Waals surface area contributed by atoms with Crippen LogP contribution in [0.5, 0.6) is 11.5 Å². The van der Waals surface area contributed by atoms with Crippen LogP contribution in [0.4, 0.5) is 0 Å². The number of carbonyl (C=O) groups is 4. The Labute approximate surface area is 244 Å². The van der Waals surface area contributed by atoms with E-state index in [0.717, 1.165) is 0 Å². The summed E-state index contributed by atoms with van der Waals surface area (Å²) in [5, 5.41) is 36.8. The highest BCUT2D eigenvalue weighted by atomic mass is 32.2. The first kappa shape index (κ1) is 33.4. The molecule has 0 spiro atoms. The van der Waals surface area contributed by atoms with Gasteiger partial charge >= 0.3 is 5.97 Å². The molecule has 4 unspecified atom stereocenters. The van der Waals surface area contributed by atoms with E-state index in [9.17, 15) is 34.5 Å². The Morgan fingerprint density at radius 2 is 1.20 bits per heavy atom. The van der Waals surface area contributed by atoms with Crippen LogP contribution in [0.25, 0.3) is 0 Å². The number of rotatable bonds is 16. The van der Waals surface area contributed by atoms with E-state index < -0.39 is 47.9 Å². The van der Waals surface area contributed by atoms with Crippen LogP contribution < -0.4 is 21.7 Å². The number of aliphatic carboxylic acids is 1. The molecule has 11 nitrogen and oxygen atoms in total. The van der Waals surface area contributed by atoms with Crippen molar-refractivity contribution in [3.63, 3.8) is 0 Å². The van der Waals surface area contributed by atoms with Crippen LogP contribution in [0.15, 0.2) is 48.5 Å². The van der Waals surface area contributed by atoms with Gasteiger partial charge in [0.15, 0.2) is 0 Å². The number of phenolic OH excluding ortho intramolecular Hbond substituents is 2. The van der Waals surface area contributed by atoms with Crippen molar-refractivity contribution in [1.82, 2.24) is 16.0 Å². The van der Waals surface area contributed by atoms with Gasteiger partial charge in [0.2, 0.25) is 17.7 Å². The third-order valence-corrected chi connectivity index (χ3v) is 6.95. The van der Waals surface area contributed by atoms with Gasteiger partial charge in [-0.05, 0) is 66.2 Å². The summed E-state index contributed by atoms with van der Waals surface area (Å²) in [5.74, 6) is -2.30. The summed E-state index contributed by atoms with van der Waals surface area (Å²) in [4.78, 5) is 51.5. The lowest BCUT2D eigenvalue weighted by molar-refractivity contribution is -0.142. The minimum absolute atomic E-state index is 0.000536. The summed E-state index contributed by atoms with van der Waals surface area (Å²) in [6.45, 7) is 3.87. The summed E-state index contributed by atoms with van der Waals surface area (Å²) < 4.78 is 0. The van der Waals surface area contributed by atoms with Crippen LogP contribution in [-0.2, 0) is 32.0 Å². The molecule has 0 saturated carbocycles. The maximum atomic E-state index is 13.4. The number of nitrogens with two attached hydrogens (primary N) is 1. The number of hydrogen-bond donors (Lipinski definition) is 7. The number of carboxylic acid groups (broad SMARTS) is 1. The topological polar surface area (TPSA) is 191 Å². The van der Waals surface area contributed by atoms with E-state index >= 15 is 0 Å². The highest BCUT2D eigenvalue weighted by Crippen LogP contribution is 2.14. The van der Waals surface area contributed by atoms with E-state index in [-0.39, 0.29) is 30.3 Å². The van der Waals surface area contributed by atoms with Crippen molar-refractivity contribution in [2.45, 2.75) is 63.7 Å². The lowest BCUT2D eigenvalue weighted by Crippen LogP contribution is -2.58. The van der Waals surface area contributed by atoms with Gasteiger partial charge in [-0.3, -0.25) is 14.4 Å². The Hall–Kier alpha value is -3.77. The Morgan fingerprint density at radius 3 is 1.66 bits per heavy atom. The fourth-order valence-electron chi connectivity index (χ4n) is 4.09. The number of carbonyl (C=O) groups excluding carboxylic acids is 3. The van der Waals surface area contributed by atoms with Gasteiger partial charge in [0.05, 0.1) is 6.04 Å². The quantitative estimate of drug-likeness (QED) is 0.152. The van der Waals surface area contributed by atoms with Crippen molar-refractivity contribution in [3.05, 3.63) is 59.7 Å². The molecule has 224 valence electrons. The molecule has 0 radical (unpaired) electrons. The van der Waals surface area contributed by atoms with E-state index in [4.69, 9.17) is 5.73 Å². The number of amides is 3. The minimum Gasteiger partial charge on any atom is -0.508 e. The van der Waals surface area contributed by atoms with E-state index in [0.29, 0.717) is 29.7 Å². The van der Waals surface area contributed by atoms with Crippen LogP contribution in [0.2, 0.25) is 0 Å². The average molecular weight is 589 g/mol. The van der Waals surface area contributed by atoms with Crippen LogP contribution in [0, 0.1) is 5.92 Å². The molecule has 0 fully saturated rings. The van der Waals surface area contributed by atoms with Crippen molar-refractivity contribution >= 4 is 35.5 Å². The van der Waals surface area contributed by atoms with E-state index in [1.807, 2.05) is 20.1 Å². The highest BCUT2D eigenvalue weighted by molar-refractivity contribution is 7.98. The first-order chi connectivity index (χ1) is 19.4. The van der Waals surface area contributed by atoms with Crippen molar-refractivity contribution < 1.29 is 34.5 Å². The van der Waals surface area contributed by atoms with Crippen LogP contribution in [0.3, 0.4) is 0 Å². The molecule has 4 atom stereocenters. The molecule has 41 heavy (non-hydrogen) atoms. The Kier molecular flexibility index (Phi) is 13.4. The zero-order valence-electron chi connectivity index (χ0n) is 23.5. The van der Waals surface area contributed by atoms with Gasteiger partial charge in [0.1, 0.15) is 29.6 Å². The van der Waals surface area contributed by atoms with Crippen LogP contribution in [-0.4, -0.2) is 75.2 Å². The summed E-state index contributed by atoms with van der Waals surface area (Å²) in [7, 11) is 0. The molecule has 0 aliphatic heterocycles. The largest absolute Gasteiger partial charge is 0.508 e. The summed E-state index contributed by atoms with van der Waals surface area (Å²) in [6.07, 6.45) is 2.54. The van der Waals surface area contributed by atoms with Gasteiger partial charge < -0.3 is 37.0 Å². The Balaban J connectivity index is 2.26. The SMILES string of the molecule is CSCCC(NC(=O)C(N)CC(C)C)C(=O)NC(Cc1ccc(O)cc1)C(=O)NC(Cc1ccc(O)cc1)C(=O)O. The van der Waals surface area contributed by atoms with Crippen molar-refractivity contribution in [2.75, 3.05) is 12.0 Å². The summed E-state index contributed by atoms with van der Waals surface area (Å²) in [6, 6.07) is 7.73. The highest BCUT2D eigenvalue weighted by Gasteiger charge is 2.30. The normalized spacial score (nSPS) is 14.0. The van der Waals surface area contributed by atoms with Gasteiger partial charge in [-0.25, -0.2) is 4.79 Å². The fourth-order valence-corrected chi connectivity index (χ4v) is 4.56. The maximum absolute atomic E-state index is 13.4. The van der Waals surface area contributed by atoms with E-state index in [1.54, 1.807) is 24.3 Å². The second-order valence-corrected chi connectivity index (χ2v) is 11.3. The predicted molar refractivity (Wildman–Crippen MR) is 157 cm³/mol. The third kappa shape index (κ3) is 11.7. The summed E-state index contributed by atoms with van der Waals surface area (Å²) in [5.41, 5.74) is 7.20. The number of benzene rings is 2. The van der Waals surface area contributed by atoms with E-state index in [1.165, 1.54) is 36.0 Å². The zero-order valence-corrected chi connectivity index (χ0v) is 24.3. The van der Waals surface area contributed by atoms with E-state index in [2.05, 4.69) is 16.0 Å². The molecule has 2 aromatic carbocycles. The number of thioether (sulfide) groups is 1. The average Bonchev–Trinajstić information content (AvgIpc) is 2.91. The molecule has 3 amide bonds. The van der Waals surface area contributed by atoms with Crippen molar-refractivity contribution in [2.24, 2.45) is 11.7 Å². The minimum atomic E-state index is -1.31. The molecule has 2 rings (SSSR count). The molecule has 0 aromatic heterocycles. The molecule has 2 aromatic rings. The molecular weight excluding hydrogens is 548 g/mol. The molecule has 0 heterocycles. The number of phenols is 2. The zero-order chi connectivity index (χ0) is 30.5. The van der Waals surface area contributed by atoms with Gasteiger partial charge in [-0.15, -0.1) is 0 Å². The maximum Gasteiger partial charge on any atom is 0.326 e. The van der Waals surface area contributed by atoms with Crippen LogP contribution in [0.1, 0.15) is 37.8 Å². The Morgan fingerprint density at radius 1 is 0.756 bits per heavy atom. The fraction of sp³-hybridized carbons (Fsp3) is 0.448. The molecule has 12 heteroatoms. The monoisotopic (exact) mass is 588 g/mol. The van der Waals surface area contributed by atoms with Gasteiger partial charge in [-0.2, -0.15) is 11.8 Å². The molecule has 8 N–H and O–H groups in total. The Bertz CT molecular complexity index is 1160. The molecule has 0 aliphatic carbocycles. The first-order valence-electron chi connectivity index (χ1n) is 13.3. The van der Waals surface area contributed by atoms with Gasteiger partial charge in [-0.1, -0.05) is 38.1 Å². The second-order valence-electron chi connectivity index (χ2n) is 10.3. The number of hydrogen-bond acceptors (Lipinski definition) is 8. The molecular formula is C29H40N4O7S. The lowest BCUT2D eigenvalue weighted by atomic mass is 10.0. The lowest BCUT2D eigenvalue weighted by Gasteiger charge is -2.25. The number of nitrogens with one attached hydrogen (secondary N) is 3. The van der Waals surface area contributed by atoms with Crippen molar-refractivity contribution in [3.8, 4) is 11.5 Å². The van der Waals surface area contributed by atoms with Gasteiger partial charge in [0, 0.05) is 12.8 Å². The number of carboxylic acids is 1. The summed E-state index contributed by atoms with van der Waals surface area (Å²) >= 11 is 1.49. The van der Waals surface area contributed by atoms with Crippen molar-refractivity contribution in [1.29, 1.82) is 0 Å². The standard InChI is InChI=1S/C29H40N4O7S/c1-17(2)14-22(30)26(36)31-23(12-13-41-3)27(37)32-24(15-18-4-8-20(34)9-5-18)28(38)33-25(29(39)40)16-19-6-10-21(35)11-7-19/h4-11,17,22-25,34-35H,12-16,30H2,1-3H3,(H,31,36)(H,32,37)(H,33,38)(H,39,40). The first-order valence-corrected chi connectivity index (χ1v) is 14.7. The predicted octanol–water partition coefficient (Wildman–Crippen LogP) is 1.55. The van der Waals surface area contributed by atoms with Gasteiger partial charge in [0.25, 0.3) is 0 Å². The molecule has 0 saturated heterocycles. The number of aromatic hydroxyl groups is 2. The molecule has 0 bridgehead atoms. The smallest absolute Gasteiger partial charge is 0.326 e.